The predicted octanol–water partition coefficient (Wildman–Crippen LogP) is 7.80. The lowest BCUT2D eigenvalue weighted by molar-refractivity contribution is -0.140. The van der Waals surface area contributed by atoms with Gasteiger partial charge in [-0.1, -0.05) is 67.1 Å². The quantitative estimate of drug-likeness (QED) is 0.182. The average molecular weight is 548 g/mol. The fourth-order valence-electron chi connectivity index (χ4n) is 4.22. The summed E-state index contributed by atoms with van der Waals surface area (Å²) in [5, 5.41) is 11.1. The standard InChI is InChI=1S/C31H30ClNO4S/c1-20(31(35)36)19-38-30(15-12-22-6-3-4-9-28(22)21(2)34)24-7-5-8-27(16-24)37-18-26-14-11-23-10-13-25(32)17-29(23)33-26/h3-11,13-14,16-17,20,30H,12,15,18-19H2,1-2H3,(H,35,36). The summed E-state index contributed by atoms with van der Waals surface area (Å²) >= 11 is 7.74. The molecule has 0 radical (unpaired) electrons. The van der Waals surface area contributed by atoms with Gasteiger partial charge >= 0.3 is 5.97 Å². The number of rotatable bonds is 12. The van der Waals surface area contributed by atoms with Gasteiger partial charge in [0, 0.05) is 27.0 Å². The number of hydrogen-bond acceptors (Lipinski definition) is 5. The first-order chi connectivity index (χ1) is 18.3. The van der Waals surface area contributed by atoms with Crippen LogP contribution in [0.3, 0.4) is 0 Å². The van der Waals surface area contributed by atoms with Gasteiger partial charge in [-0.2, -0.15) is 11.8 Å². The van der Waals surface area contributed by atoms with Gasteiger partial charge in [-0.05, 0) is 61.2 Å². The third-order valence-electron chi connectivity index (χ3n) is 6.37. The molecule has 2 unspecified atom stereocenters. The number of Topliss-reactive ketones (excluding diaryl/α,β-unsaturated/α-hetero) is 1. The molecule has 0 spiro atoms. The molecule has 0 amide bonds. The van der Waals surface area contributed by atoms with Crippen molar-refractivity contribution < 1.29 is 19.4 Å². The van der Waals surface area contributed by atoms with Gasteiger partial charge < -0.3 is 9.84 Å². The second-order valence-electron chi connectivity index (χ2n) is 9.31. The first-order valence-electron chi connectivity index (χ1n) is 12.5. The van der Waals surface area contributed by atoms with E-state index in [1.54, 1.807) is 25.6 Å². The summed E-state index contributed by atoms with van der Waals surface area (Å²) in [6.45, 7) is 3.62. The molecule has 1 heterocycles. The van der Waals surface area contributed by atoms with Gasteiger partial charge in [-0.3, -0.25) is 9.59 Å². The van der Waals surface area contributed by atoms with Crippen LogP contribution in [0.15, 0.2) is 78.9 Å². The molecule has 3 aromatic carbocycles. The van der Waals surface area contributed by atoms with Crippen LogP contribution < -0.4 is 4.74 Å². The minimum atomic E-state index is -0.806. The minimum absolute atomic E-state index is 0.0429. The topological polar surface area (TPSA) is 76.5 Å². The highest BCUT2D eigenvalue weighted by atomic mass is 35.5. The van der Waals surface area contributed by atoms with Crippen molar-refractivity contribution in [3.63, 3.8) is 0 Å². The van der Waals surface area contributed by atoms with Crippen LogP contribution in [-0.4, -0.2) is 27.6 Å². The number of aryl methyl sites for hydroxylation is 1. The Balaban J connectivity index is 1.50. The second kappa shape index (κ2) is 12.9. The zero-order chi connectivity index (χ0) is 27.1. The normalized spacial score (nSPS) is 12.7. The van der Waals surface area contributed by atoms with Gasteiger partial charge in [-0.25, -0.2) is 4.98 Å². The fourth-order valence-corrected chi connectivity index (χ4v) is 5.67. The fraction of sp³-hybridized carbons (Fsp3) is 0.258. The number of aliphatic carboxylic acids is 1. The Bertz CT molecular complexity index is 1440. The molecule has 5 nitrogen and oxygen atoms in total. The number of carbonyl (C=O) groups excluding carboxylic acids is 1. The Labute approximate surface area is 232 Å². The van der Waals surface area contributed by atoms with E-state index in [1.807, 2.05) is 78.9 Å². The Morgan fingerprint density at radius 1 is 1.03 bits per heavy atom. The van der Waals surface area contributed by atoms with Crippen molar-refractivity contribution in [2.45, 2.75) is 38.5 Å². The maximum atomic E-state index is 12.1. The van der Waals surface area contributed by atoms with Crippen molar-refractivity contribution in [1.29, 1.82) is 0 Å². The van der Waals surface area contributed by atoms with E-state index in [0.717, 1.165) is 45.5 Å². The zero-order valence-corrected chi connectivity index (χ0v) is 23.0. The number of ketones is 1. The number of fused-ring (bicyclic) bond motifs is 1. The molecule has 196 valence electrons. The van der Waals surface area contributed by atoms with E-state index in [-0.39, 0.29) is 11.0 Å². The maximum Gasteiger partial charge on any atom is 0.307 e. The van der Waals surface area contributed by atoms with Crippen molar-refractivity contribution in [2.75, 3.05) is 5.75 Å². The van der Waals surface area contributed by atoms with Crippen LogP contribution in [0.2, 0.25) is 5.02 Å². The summed E-state index contributed by atoms with van der Waals surface area (Å²) in [7, 11) is 0. The number of thioether (sulfide) groups is 1. The summed E-state index contributed by atoms with van der Waals surface area (Å²) in [4.78, 5) is 28.2. The summed E-state index contributed by atoms with van der Waals surface area (Å²) in [5.74, 6) is -0.0117. The van der Waals surface area contributed by atoms with Crippen LogP contribution in [-0.2, 0) is 17.8 Å². The smallest absolute Gasteiger partial charge is 0.307 e. The highest BCUT2D eigenvalue weighted by Crippen LogP contribution is 2.36. The summed E-state index contributed by atoms with van der Waals surface area (Å²) in [6.07, 6.45) is 1.47. The van der Waals surface area contributed by atoms with Crippen LogP contribution in [0.4, 0.5) is 0 Å². The van der Waals surface area contributed by atoms with Gasteiger partial charge in [0.05, 0.1) is 17.1 Å². The van der Waals surface area contributed by atoms with E-state index < -0.39 is 11.9 Å². The highest BCUT2D eigenvalue weighted by molar-refractivity contribution is 7.99. The second-order valence-corrected chi connectivity index (χ2v) is 11.0. The molecule has 0 fully saturated rings. The lowest BCUT2D eigenvalue weighted by Crippen LogP contribution is -2.13. The highest BCUT2D eigenvalue weighted by Gasteiger charge is 2.19. The molecule has 2 atom stereocenters. The van der Waals surface area contributed by atoms with E-state index in [4.69, 9.17) is 16.3 Å². The Morgan fingerprint density at radius 2 is 1.82 bits per heavy atom. The van der Waals surface area contributed by atoms with Crippen molar-refractivity contribution in [2.24, 2.45) is 5.92 Å². The van der Waals surface area contributed by atoms with Crippen LogP contribution >= 0.6 is 23.4 Å². The molecule has 0 aliphatic carbocycles. The number of carboxylic acids is 1. The van der Waals surface area contributed by atoms with Crippen LogP contribution in [0.25, 0.3) is 10.9 Å². The van der Waals surface area contributed by atoms with E-state index in [2.05, 4.69) is 4.98 Å². The third-order valence-corrected chi connectivity index (χ3v) is 8.21. The third kappa shape index (κ3) is 7.36. The molecule has 0 saturated carbocycles. The molecular weight excluding hydrogens is 518 g/mol. The van der Waals surface area contributed by atoms with Crippen LogP contribution in [0, 0.1) is 5.92 Å². The Kier molecular flexibility index (Phi) is 9.43. The molecule has 4 rings (SSSR count). The maximum absolute atomic E-state index is 12.1. The molecule has 1 N–H and O–H groups in total. The molecule has 38 heavy (non-hydrogen) atoms. The minimum Gasteiger partial charge on any atom is -0.487 e. The SMILES string of the molecule is CC(=O)c1ccccc1CCC(SCC(C)C(=O)O)c1cccc(OCc2ccc3ccc(Cl)cc3n2)c1. The monoisotopic (exact) mass is 547 g/mol. The summed E-state index contributed by atoms with van der Waals surface area (Å²) < 4.78 is 6.10. The molecule has 0 aliphatic rings. The van der Waals surface area contributed by atoms with Gasteiger partial charge in [0.15, 0.2) is 5.78 Å². The molecule has 4 aromatic rings. The molecule has 0 aliphatic heterocycles. The molecule has 0 saturated heterocycles. The summed E-state index contributed by atoms with van der Waals surface area (Å²) in [6, 6.07) is 25.2. The average Bonchev–Trinajstić information content (AvgIpc) is 2.91. The molecular formula is C31H30ClNO4S. The van der Waals surface area contributed by atoms with Crippen LogP contribution in [0.5, 0.6) is 5.75 Å². The Morgan fingerprint density at radius 3 is 2.61 bits per heavy atom. The van der Waals surface area contributed by atoms with Gasteiger partial charge in [0.1, 0.15) is 12.4 Å². The number of benzene rings is 3. The largest absolute Gasteiger partial charge is 0.487 e. The van der Waals surface area contributed by atoms with E-state index in [1.165, 1.54) is 0 Å². The van der Waals surface area contributed by atoms with E-state index >= 15 is 0 Å². The van der Waals surface area contributed by atoms with Gasteiger partial charge in [-0.15, -0.1) is 0 Å². The lowest BCUT2D eigenvalue weighted by atomic mass is 9.97. The zero-order valence-electron chi connectivity index (χ0n) is 21.4. The van der Waals surface area contributed by atoms with Crippen molar-refractivity contribution in [3.8, 4) is 5.75 Å². The lowest BCUT2D eigenvalue weighted by Gasteiger charge is -2.20. The van der Waals surface area contributed by atoms with Crippen LogP contribution in [0.1, 0.15) is 52.7 Å². The Hall–Kier alpha value is -3.35. The number of pyridine rings is 1. The number of carboxylic acid groups (broad SMARTS) is 1. The number of aromatic nitrogens is 1. The van der Waals surface area contributed by atoms with Crippen molar-refractivity contribution in [3.05, 3.63) is 106 Å². The number of nitrogens with zero attached hydrogens (tertiary/aromatic N) is 1. The number of ether oxygens (including phenoxy) is 1. The van der Waals surface area contributed by atoms with Crippen molar-refractivity contribution in [1.82, 2.24) is 4.98 Å². The first kappa shape index (κ1) is 27.7. The number of hydrogen-bond donors (Lipinski definition) is 1. The first-order valence-corrected chi connectivity index (χ1v) is 13.9. The van der Waals surface area contributed by atoms with Gasteiger partial charge in [0.25, 0.3) is 0 Å². The number of carbonyl (C=O) groups is 2. The van der Waals surface area contributed by atoms with Gasteiger partial charge in [0.2, 0.25) is 0 Å². The van der Waals surface area contributed by atoms with E-state index in [0.29, 0.717) is 23.8 Å². The van der Waals surface area contributed by atoms with E-state index in [9.17, 15) is 14.7 Å². The van der Waals surface area contributed by atoms with Crippen molar-refractivity contribution >= 4 is 46.0 Å². The molecule has 1 aromatic heterocycles. The predicted molar refractivity (Wildman–Crippen MR) is 154 cm³/mol. The molecule has 7 heteroatoms. The summed E-state index contributed by atoms with van der Waals surface area (Å²) in [5.41, 5.74) is 4.42. The molecule has 0 bridgehead atoms. The number of halogens is 1.